The molecule has 0 spiro atoms. The summed E-state index contributed by atoms with van der Waals surface area (Å²) < 4.78 is 0. The fourth-order valence-electron chi connectivity index (χ4n) is 2.07. The number of nitrogens with zero attached hydrogens (tertiary/aromatic N) is 1. The Morgan fingerprint density at radius 3 is 2.53 bits per heavy atom. The molecule has 1 saturated heterocycles. The highest BCUT2D eigenvalue weighted by Gasteiger charge is 2.28. The number of hydrogen-bond acceptors (Lipinski definition) is 2. The first-order chi connectivity index (χ1) is 6.95. The molecule has 1 fully saturated rings. The van der Waals surface area contributed by atoms with Crippen LogP contribution in [0.3, 0.4) is 0 Å². The molecule has 3 nitrogen and oxygen atoms in total. The highest BCUT2D eigenvalue weighted by atomic mass is 16.2. The number of likely N-dealkylation sites (N-methyl/N-ethyl adjacent to an activating group) is 1. The largest absolute Gasteiger partial charge is 0.341 e. The Bertz CT molecular complexity index is 220. The fraction of sp³-hybridized carbons (Fsp3) is 0.917. The van der Waals surface area contributed by atoms with E-state index >= 15 is 0 Å². The van der Waals surface area contributed by atoms with Gasteiger partial charge in [0, 0.05) is 25.6 Å². The zero-order chi connectivity index (χ0) is 11.5. The SMILES string of the molecule is CN[C@H](CN1CCCCC1=O)C(C)(C)C. The number of carbonyl (C=O) groups is 1. The topological polar surface area (TPSA) is 32.3 Å². The van der Waals surface area contributed by atoms with Crippen molar-refractivity contribution in [2.45, 2.75) is 46.1 Å². The number of hydrogen-bond donors (Lipinski definition) is 1. The van der Waals surface area contributed by atoms with E-state index < -0.39 is 0 Å². The number of amides is 1. The molecule has 88 valence electrons. The molecule has 0 radical (unpaired) electrons. The normalized spacial score (nSPS) is 20.5. The second-order valence-electron chi connectivity index (χ2n) is 5.50. The van der Waals surface area contributed by atoms with Crippen LogP contribution < -0.4 is 5.32 Å². The van der Waals surface area contributed by atoms with Gasteiger partial charge in [-0.1, -0.05) is 20.8 Å². The van der Waals surface area contributed by atoms with Crippen LogP contribution in [0.2, 0.25) is 0 Å². The average Bonchev–Trinajstić information content (AvgIpc) is 2.14. The molecule has 15 heavy (non-hydrogen) atoms. The maximum absolute atomic E-state index is 11.7. The molecule has 1 N–H and O–H groups in total. The summed E-state index contributed by atoms with van der Waals surface area (Å²) in [7, 11) is 1.98. The third-order valence-corrected chi connectivity index (χ3v) is 3.22. The summed E-state index contributed by atoms with van der Waals surface area (Å²) in [4.78, 5) is 13.7. The number of rotatable bonds is 3. The molecule has 1 atom stereocenters. The van der Waals surface area contributed by atoms with Crippen LogP contribution in [0.25, 0.3) is 0 Å². The predicted octanol–water partition coefficient (Wildman–Crippen LogP) is 1.63. The number of piperidine rings is 1. The van der Waals surface area contributed by atoms with Gasteiger partial charge in [0.15, 0.2) is 0 Å². The molecule has 0 bridgehead atoms. The number of nitrogens with one attached hydrogen (secondary N) is 1. The summed E-state index contributed by atoms with van der Waals surface area (Å²) in [6.45, 7) is 8.42. The smallest absolute Gasteiger partial charge is 0.222 e. The Kier molecular flexibility index (Phi) is 4.14. The highest BCUT2D eigenvalue weighted by Crippen LogP contribution is 2.21. The van der Waals surface area contributed by atoms with E-state index in [1.54, 1.807) is 0 Å². The van der Waals surface area contributed by atoms with Gasteiger partial charge in [0.2, 0.25) is 5.91 Å². The minimum absolute atomic E-state index is 0.201. The Morgan fingerprint density at radius 2 is 2.07 bits per heavy atom. The lowest BCUT2D eigenvalue weighted by Gasteiger charge is -2.36. The van der Waals surface area contributed by atoms with E-state index in [2.05, 4.69) is 26.1 Å². The zero-order valence-corrected chi connectivity index (χ0v) is 10.5. The van der Waals surface area contributed by atoms with Crippen LogP contribution in [0.5, 0.6) is 0 Å². The lowest BCUT2D eigenvalue weighted by atomic mass is 9.86. The minimum atomic E-state index is 0.201. The molecule has 0 aliphatic carbocycles. The first-order valence-corrected chi connectivity index (χ1v) is 5.90. The maximum atomic E-state index is 11.7. The van der Waals surface area contributed by atoms with Crippen molar-refractivity contribution in [3.05, 3.63) is 0 Å². The van der Waals surface area contributed by atoms with Gasteiger partial charge in [0.05, 0.1) is 0 Å². The Hall–Kier alpha value is -0.570. The fourth-order valence-corrected chi connectivity index (χ4v) is 2.07. The number of likely N-dealkylation sites (tertiary alicyclic amines) is 1. The van der Waals surface area contributed by atoms with Gasteiger partial charge >= 0.3 is 0 Å². The van der Waals surface area contributed by atoms with Crippen LogP contribution in [-0.4, -0.2) is 37.0 Å². The van der Waals surface area contributed by atoms with Crippen molar-refractivity contribution in [1.29, 1.82) is 0 Å². The van der Waals surface area contributed by atoms with E-state index in [0.717, 1.165) is 32.4 Å². The van der Waals surface area contributed by atoms with Gasteiger partial charge in [-0.25, -0.2) is 0 Å². The highest BCUT2D eigenvalue weighted by molar-refractivity contribution is 5.76. The third-order valence-electron chi connectivity index (χ3n) is 3.22. The first kappa shape index (κ1) is 12.5. The molecule has 0 unspecified atom stereocenters. The van der Waals surface area contributed by atoms with Gasteiger partial charge in [0.1, 0.15) is 0 Å². The van der Waals surface area contributed by atoms with Crippen molar-refractivity contribution in [2.75, 3.05) is 20.1 Å². The standard InChI is InChI=1S/C12H24N2O/c1-12(2,3)10(13-4)9-14-8-6-5-7-11(14)15/h10,13H,5-9H2,1-4H3/t10-/m1/s1. The molecule has 1 amide bonds. The molecular formula is C12H24N2O. The summed E-state index contributed by atoms with van der Waals surface area (Å²) in [5.74, 6) is 0.325. The van der Waals surface area contributed by atoms with Crippen molar-refractivity contribution >= 4 is 5.91 Å². The van der Waals surface area contributed by atoms with Crippen molar-refractivity contribution in [3.8, 4) is 0 Å². The quantitative estimate of drug-likeness (QED) is 0.771. The summed E-state index contributed by atoms with van der Waals surface area (Å²) in [6, 6.07) is 0.375. The molecule has 3 heteroatoms. The van der Waals surface area contributed by atoms with E-state index in [1.807, 2.05) is 11.9 Å². The minimum Gasteiger partial charge on any atom is -0.341 e. The summed E-state index contributed by atoms with van der Waals surface area (Å²) >= 11 is 0. The van der Waals surface area contributed by atoms with Crippen LogP contribution in [0.15, 0.2) is 0 Å². The van der Waals surface area contributed by atoms with E-state index in [4.69, 9.17) is 0 Å². The molecule has 0 saturated carbocycles. The molecule has 0 aromatic heterocycles. The molecule has 1 aliphatic rings. The van der Waals surface area contributed by atoms with Gasteiger partial charge in [-0.2, -0.15) is 0 Å². The van der Waals surface area contributed by atoms with Crippen LogP contribution in [0.1, 0.15) is 40.0 Å². The van der Waals surface area contributed by atoms with Gasteiger partial charge in [-0.05, 0) is 25.3 Å². The monoisotopic (exact) mass is 212 g/mol. The van der Waals surface area contributed by atoms with Gasteiger partial charge in [-0.15, -0.1) is 0 Å². The zero-order valence-electron chi connectivity index (χ0n) is 10.5. The Morgan fingerprint density at radius 1 is 1.40 bits per heavy atom. The first-order valence-electron chi connectivity index (χ1n) is 5.90. The third kappa shape index (κ3) is 3.49. The molecule has 0 aromatic carbocycles. The van der Waals surface area contributed by atoms with E-state index in [9.17, 15) is 4.79 Å². The van der Waals surface area contributed by atoms with Gasteiger partial charge in [0.25, 0.3) is 0 Å². The maximum Gasteiger partial charge on any atom is 0.222 e. The summed E-state index contributed by atoms with van der Waals surface area (Å²) in [5, 5.41) is 3.32. The molecular weight excluding hydrogens is 188 g/mol. The van der Waals surface area contributed by atoms with E-state index in [-0.39, 0.29) is 5.41 Å². The van der Waals surface area contributed by atoms with Gasteiger partial charge < -0.3 is 10.2 Å². The second-order valence-corrected chi connectivity index (χ2v) is 5.50. The lowest BCUT2D eigenvalue weighted by molar-refractivity contribution is -0.134. The second kappa shape index (κ2) is 4.97. The van der Waals surface area contributed by atoms with Crippen molar-refractivity contribution in [3.63, 3.8) is 0 Å². The van der Waals surface area contributed by atoms with E-state index in [0.29, 0.717) is 11.9 Å². The van der Waals surface area contributed by atoms with Crippen molar-refractivity contribution in [1.82, 2.24) is 10.2 Å². The van der Waals surface area contributed by atoms with Gasteiger partial charge in [-0.3, -0.25) is 4.79 Å². The van der Waals surface area contributed by atoms with Crippen LogP contribution >= 0.6 is 0 Å². The molecule has 0 aromatic rings. The predicted molar refractivity (Wildman–Crippen MR) is 62.7 cm³/mol. The van der Waals surface area contributed by atoms with Crippen LogP contribution in [-0.2, 0) is 4.79 Å². The van der Waals surface area contributed by atoms with Crippen molar-refractivity contribution < 1.29 is 4.79 Å². The van der Waals surface area contributed by atoms with Crippen LogP contribution in [0, 0.1) is 5.41 Å². The lowest BCUT2D eigenvalue weighted by Crippen LogP contribution is -2.50. The molecule has 1 heterocycles. The van der Waals surface area contributed by atoms with E-state index in [1.165, 1.54) is 0 Å². The summed E-state index contributed by atoms with van der Waals surface area (Å²) in [5.41, 5.74) is 0.201. The Balaban J connectivity index is 2.54. The molecule has 1 rings (SSSR count). The van der Waals surface area contributed by atoms with Crippen LogP contribution in [0.4, 0.5) is 0 Å². The molecule has 1 aliphatic heterocycles. The number of carbonyl (C=O) groups excluding carboxylic acids is 1. The average molecular weight is 212 g/mol. The Labute approximate surface area is 93.2 Å². The summed E-state index contributed by atoms with van der Waals surface area (Å²) in [6.07, 6.45) is 2.96. The van der Waals surface area contributed by atoms with Crippen molar-refractivity contribution in [2.24, 2.45) is 5.41 Å².